The third-order valence-electron chi connectivity index (χ3n) is 4.34. The molecule has 0 bridgehead atoms. The van der Waals surface area contributed by atoms with Gasteiger partial charge >= 0.3 is 18.3 Å². The van der Waals surface area contributed by atoms with Gasteiger partial charge in [0.1, 0.15) is 16.6 Å². The van der Waals surface area contributed by atoms with Gasteiger partial charge in [0.15, 0.2) is 11.5 Å². The number of likely N-dealkylation sites (tertiary alicyclic amines) is 1. The van der Waals surface area contributed by atoms with Gasteiger partial charge in [-0.1, -0.05) is 12.2 Å². The Kier molecular flexibility index (Phi) is 6.02. The van der Waals surface area contributed by atoms with E-state index in [1.807, 2.05) is 0 Å². The minimum atomic E-state index is -4.87. The van der Waals surface area contributed by atoms with Gasteiger partial charge in [-0.25, -0.2) is 4.79 Å². The Morgan fingerprint density at radius 3 is 2.21 bits per heavy atom. The zero-order chi connectivity index (χ0) is 21.4. The van der Waals surface area contributed by atoms with E-state index in [1.165, 1.54) is 0 Å². The Balaban J connectivity index is 2.51. The molecule has 0 amide bonds. The van der Waals surface area contributed by atoms with Crippen molar-refractivity contribution in [3.05, 3.63) is 23.3 Å². The molecule has 2 atom stereocenters. The van der Waals surface area contributed by atoms with E-state index in [2.05, 4.69) is 0 Å². The Hall–Kier alpha value is -2.24. The highest BCUT2D eigenvalue weighted by atomic mass is 32.1. The molecular formula is C16H15F6NO4S. The first kappa shape index (κ1) is 22.1. The van der Waals surface area contributed by atoms with E-state index in [4.69, 9.17) is 21.7 Å². The molecule has 0 saturated carbocycles. The number of halogens is 6. The number of carbonyl (C=O) groups is 1. The summed E-state index contributed by atoms with van der Waals surface area (Å²) in [7, 11) is 2.08. The summed E-state index contributed by atoms with van der Waals surface area (Å²) < 4.78 is 88.8. The lowest BCUT2D eigenvalue weighted by atomic mass is 10.1. The first-order chi connectivity index (χ1) is 12.8. The standard InChI is InChI=1S/C16H15F6NO4S/c1-26-11-4-7(3-9(12(11)27-2)16(20,21)22)13(28)23-6-8(15(17,18)19)5-10(23)14(24)25/h3-4,8,10H,5-6H2,1-2H3,(H,24,25)/t8-,10-/m1/s1. The van der Waals surface area contributed by atoms with Crippen molar-refractivity contribution in [3.63, 3.8) is 0 Å². The number of ether oxygens (including phenoxy) is 2. The number of carboxylic acid groups (broad SMARTS) is 1. The number of hydrogen-bond donors (Lipinski definition) is 1. The van der Waals surface area contributed by atoms with Crippen LogP contribution in [0, 0.1) is 5.92 Å². The number of benzene rings is 1. The maximum atomic E-state index is 13.4. The average Bonchev–Trinajstić information content (AvgIpc) is 3.05. The first-order valence-electron chi connectivity index (χ1n) is 7.75. The lowest BCUT2D eigenvalue weighted by Gasteiger charge is -2.26. The van der Waals surface area contributed by atoms with Crippen LogP contribution < -0.4 is 9.47 Å². The van der Waals surface area contributed by atoms with Crippen molar-refractivity contribution in [1.29, 1.82) is 0 Å². The molecule has 156 valence electrons. The van der Waals surface area contributed by atoms with Crippen LogP contribution in [0.4, 0.5) is 26.3 Å². The van der Waals surface area contributed by atoms with Crippen LogP contribution in [0.25, 0.3) is 0 Å². The van der Waals surface area contributed by atoms with Crippen molar-refractivity contribution >= 4 is 23.2 Å². The summed E-state index contributed by atoms with van der Waals surface area (Å²) in [5, 5.41) is 9.24. The van der Waals surface area contributed by atoms with Crippen molar-refractivity contribution < 1.29 is 45.7 Å². The zero-order valence-corrected chi connectivity index (χ0v) is 15.3. The zero-order valence-electron chi connectivity index (χ0n) is 14.5. The SMILES string of the molecule is COc1cc(C(=S)N2C[C@H](C(F)(F)F)C[C@@H]2C(=O)O)cc(C(F)(F)F)c1OC. The second-order valence-corrected chi connectivity index (χ2v) is 6.43. The quantitative estimate of drug-likeness (QED) is 0.579. The number of rotatable bonds is 4. The van der Waals surface area contributed by atoms with E-state index < -0.39 is 59.5 Å². The predicted molar refractivity (Wildman–Crippen MR) is 88.5 cm³/mol. The molecule has 1 aromatic carbocycles. The summed E-state index contributed by atoms with van der Waals surface area (Å²) >= 11 is 5.05. The van der Waals surface area contributed by atoms with E-state index in [0.29, 0.717) is 6.07 Å². The van der Waals surface area contributed by atoms with E-state index in [9.17, 15) is 36.2 Å². The predicted octanol–water partition coefficient (Wildman–Crippen LogP) is 3.74. The first-order valence-corrected chi connectivity index (χ1v) is 8.15. The van der Waals surface area contributed by atoms with Gasteiger partial charge in [0.2, 0.25) is 0 Å². The highest BCUT2D eigenvalue weighted by Crippen LogP contribution is 2.43. The molecule has 2 rings (SSSR count). The van der Waals surface area contributed by atoms with Crippen LogP contribution in [0.1, 0.15) is 17.5 Å². The number of methoxy groups -OCH3 is 2. The van der Waals surface area contributed by atoms with Crippen LogP contribution in [0.5, 0.6) is 11.5 Å². The summed E-state index contributed by atoms with van der Waals surface area (Å²) in [6.45, 7) is -0.769. The molecule has 5 nitrogen and oxygen atoms in total. The molecule has 0 aliphatic carbocycles. The Labute approximate surface area is 160 Å². The monoisotopic (exact) mass is 431 g/mol. The highest BCUT2D eigenvalue weighted by molar-refractivity contribution is 7.80. The lowest BCUT2D eigenvalue weighted by Crippen LogP contribution is -2.40. The molecule has 1 aliphatic rings. The molecule has 1 aromatic rings. The molecule has 1 fully saturated rings. The summed E-state index contributed by atoms with van der Waals surface area (Å²) in [5.74, 6) is -4.47. The van der Waals surface area contributed by atoms with Gasteiger partial charge in [0, 0.05) is 12.1 Å². The molecule has 0 radical (unpaired) electrons. The van der Waals surface area contributed by atoms with E-state index >= 15 is 0 Å². The summed E-state index contributed by atoms with van der Waals surface area (Å²) in [4.78, 5) is 11.7. The van der Waals surface area contributed by atoms with Crippen molar-refractivity contribution in [2.45, 2.75) is 24.8 Å². The van der Waals surface area contributed by atoms with Crippen molar-refractivity contribution in [2.75, 3.05) is 20.8 Å². The van der Waals surface area contributed by atoms with Gasteiger partial charge in [-0.15, -0.1) is 0 Å². The molecule has 0 spiro atoms. The fraction of sp³-hybridized carbons (Fsp3) is 0.500. The third kappa shape index (κ3) is 4.26. The highest BCUT2D eigenvalue weighted by Gasteiger charge is 2.50. The third-order valence-corrected chi connectivity index (χ3v) is 4.81. The number of nitrogens with zero attached hydrogens (tertiary/aromatic N) is 1. The van der Waals surface area contributed by atoms with Gasteiger partial charge in [-0.05, 0) is 18.6 Å². The number of alkyl halides is 6. The van der Waals surface area contributed by atoms with E-state index in [-0.39, 0.29) is 11.3 Å². The molecule has 1 heterocycles. The number of thiocarbonyl (C=S) groups is 1. The van der Waals surface area contributed by atoms with Crippen LogP contribution in [0.15, 0.2) is 12.1 Å². The van der Waals surface area contributed by atoms with Gasteiger partial charge in [0.05, 0.1) is 20.1 Å². The maximum Gasteiger partial charge on any atom is 0.420 e. The van der Waals surface area contributed by atoms with E-state index in [0.717, 1.165) is 25.2 Å². The van der Waals surface area contributed by atoms with Crippen LogP contribution in [0.2, 0.25) is 0 Å². The van der Waals surface area contributed by atoms with Crippen LogP contribution in [-0.4, -0.2) is 53.9 Å². The van der Waals surface area contributed by atoms with Gasteiger partial charge in [-0.3, -0.25) is 0 Å². The second kappa shape index (κ2) is 7.64. The normalized spacial score (nSPS) is 20.2. The molecule has 1 aliphatic heterocycles. The van der Waals surface area contributed by atoms with Crippen LogP contribution in [-0.2, 0) is 11.0 Å². The molecule has 0 unspecified atom stereocenters. The van der Waals surface area contributed by atoms with E-state index in [1.54, 1.807) is 0 Å². The summed E-state index contributed by atoms with van der Waals surface area (Å²) in [5.41, 5.74) is -1.54. The van der Waals surface area contributed by atoms with Crippen LogP contribution in [0.3, 0.4) is 0 Å². The van der Waals surface area contributed by atoms with Crippen molar-refractivity contribution in [1.82, 2.24) is 4.90 Å². The average molecular weight is 431 g/mol. The molecular weight excluding hydrogens is 416 g/mol. The fourth-order valence-electron chi connectivity index (χ4n) is 3.00. The molecule has 1 saturated heterocycles. The van der Waals surface area contributed by atoms with Gasteiger partial charge < -0.3 is 19.5 Å². The lowest BCUT2D eigenvalue weighted by molar-refractivity contribution is -0.170. The fourth-order valence-corrected chi connectivity index (χ4v) is 3.32. The van der Waals surface area contributed by atoms with Crippen molar-refractivity contribution in [3.8, 4) is 11.5 Å². The van der Waals surface area contributed by atoms with Crippen LogP contribution >= 0.6 is 12.2 Å². The largest absolute Gasteiger partial charge is 0.493 e. The Morgan fingerprint density at radius 1 is 1.18 bits per heavy atom. The minimum Gasteiger partial charge on any atom is -0.493 e. The van der Waals surface area contributed by atoms with Gasteiger partial charge in [0.25, 0.3) is 0 Å². The minimum absolute atomic E-state index is 0.297. The Bertz CT molecular complexity index is 780. The summed E-state index contributed by atoms with van der Waals surface area (Å²) in [6.07, 6.45) is -10.3. The molecule has 28 heavy (non-hydrogen) atoms. The topological polar surface area (TPSA) is 59.0 Å². The molecule has 12 heteroatoms. The smallest absolute Gasteiger partial charge is 0.420 e. The maximum absolute atomic E-state index is 13.4. The molecule has 1 N–H and O–H groups in total. The molecule has 0 aromatic heterocycles. The number of carboxylic acids is 1. The number of hydrogen-bond acceptors (Lipinski definition) is 4. The van der Waals surface area contributed by atoms with Gasteiger partial charge in [-0.2, -0.15) is 26.3 Å². The summed E-state index contributed by atoms with van der Waals surface area (Å²) in [6, 6.07) is 0.0567. The number of aliphatic carboxylic acids is 1. The van der Waals surface area contributed by atoms with Crippen molar-refractivity contribution in [2.24, 2.45) is 5.92 Å². The second-order valence-electron chi connectivity index (χ2n) is 6.04. The Morgan fingerprint density at radius 2 is 1.79 bits per heavy atom.